The van der Waals surface area contributed by atoms with Gasteiger partial charge >= 0.3 is 0 Å². The van der Waals surface area contributed by atoms with Gasteiger partial charge in [-0.25, -0.2) is 8.78 Å². The topological polar surface area (TPSA) is 61.0 Å². The van der Waals surface area contributed by atoms with Gasteiger partial charge in [-0.15, -0.1) is 0 Å². The fourth-order valence-electron chi connectivity index (χ4n) is 2.63. The quantitative estimate of drug-likeness (QED) is 0.873. The van der Waals surface area contributed by atoms with Crippen molar-refractivity contribution < 1.29 is 13.6 Å². The van der Waals surface area contributed by atoms with Gasteiger partial charge in [-0.05, 0) is 11.8 Å². The van der Waals surface area contributed by atoms with Crippen molar-refractivity contribution in [2.75, 3.05) is 19.6 Å². The lowest BCUT2D eigenvalue weighted by atomic mass is 9.88. The molecule has 1 aromatic heterocycles. The molecule has 1 amide bonds. The van der Waals surface area contributed by atoms with Gasteiger partial charge in [-0.1, -0.05) is 13.8 Å². The molecule has 1 aliphatic heterocycles. The second-order valence-electron chi connectivity index (χ2n) is 6.06. The highest BCUT2D eigenvalue weighted by Crippen LogP contribution is 2.28. The van der Waals surface area contributed by atoms with E-state index in [1.54, 1.807) is 6.20 Å². The van der Waals surface area contributed by atoms with Crippen molar-refractivity contribution in [1.29, 1.82) is 0 Å². The minimum Gasteiger partial charge on any atom is -0.349 e. The fourth-order valence-corrected chi connectivity index (χ4v) is 2.63. The van der Waals surface area contributed by atoms with Gasteiger partial charge in [0.1, 0.15) is 0 Å². The summed E-state index contributed by atoms with van der Waals surface area (Å²) in [6, 6.07) is 0. The minimum absolute atomic E-state index is 0.000772. The molecule has 5 nitrogen and oxygen atoms in total. The van der Waals surface area contributed by atoms with E-state index in [9.17, 15) is 13.6 Å². The van der Waals surface area contributed by atoms with Crippen LogP contribution in [0.5, 0.6) is 0 Å². The van der Waals surface area contributed by atoms with Crippen LogP contribution in [0, 0.1) is 5.41 Å². The van der Waals surface area contributed by atoms with Gasteiger partial charge in [-0.3, -0.25) is 14.8 Å². The molecule has 0 atom stereocenters. The molecule has 0 spiro atoms. The van der Waals surface area contributed by atoms with Gasteiger partial charge in [0.15, 0.2) is 0 Å². The number of rotatable bonds is 4. The van der Waals surface area contributed by atoms with E-state index in [4.69, 9.17) is 0 Å². The van der Waals surface area contributed by atoms with Crippen LogP contribution in [0.25, 0.3) is 0 Å². The summed E-state index contributed by atoms with van der Waals surface area (Å²) in [4.78, 5) is 13.7. The summed E-state index contributed by atoms with van der Waals surface area (Å²) in [5.41, 5.74) is 2.16. The molecule has 0 aliphatic carbocycles. The van der Waals surface area contributed by atoms with Crippen LogP contribution >= 0.6 is 0 Å². The number of carbonyl (C=O) groups excluding carboxylic acids is 1. The molecule has 0 saturated heterocycles. The number of nitrogens with one attached hydrogen (secondary N) is 2. The molecule has 1 aliphatic rings. The Morgan fingerprint density at radius 2 is 2.35 bits per heavy atom. The summed E-state index contributed by atoms with van der Waals surface area (Å²) < 4.78 is 24.2. The summed E-state index contributed by atoms with van der Waals surface area (Å²) >= 11 is 0. The monoisotopic (exact) mass is 286 g/mol. The number of nitrogens with zero attached hydrogens (tertiary/aromatic N) is 2. The number of carbonyl (C=O) groups is 1. The molecule has 7 heteroatoms. The highest BCUT2D eigenvalue weighted by molar-refractivity contribution is 5.78. The van der Waals surface area contributed by atoms with Gasteiger partial charge in [-0.2, -0.15) is 5.10 Å². The maximum absolute atomic E-state index is 12.1. The van der Waals surface area contributed by atoms with Crippen LogP contribution in [-0.4, -0.2) is 47.1 Å². The lowest BCUT2D eigenvalue weighted by Gasteiger charge is -2.29. The number of aromatic nitrogens is 2. The third-order valence-electron chi connectivity index (χ3n) is 3.33. The molecule has 0 fully saturated rings. The zero-order chi connectivity index (χ0) is 14.8. The Hall–Kier alpha value is -1.50. The van der Waals surface area contributed by atoms with E-state index in [0.29, 0.717) is 6.54 Å². The number of amides is 1. The number of fused-ring (bicyclic) bond motifs is 1. The largest absolute Gasteiger partial charge is 0.349 e. The molecule has 0 unspecified atom stereocenters. The Labute approximate surface area is 116 Å². The van der Waals surface area contributed by atoms with Crippen LogP contribution in [-0.2, 0) is 17.8 Å². The predicted molar refractivity (Wildman–Crippen MR) is 70.4 cm³/mol. The van der Waals surface area contributed by atoms with Crippen LogP contribution in [0.2, 0.25) is 0 Å². The summed E-state index contributed by atoms with van der Waals surface area (Å²) in [5.74, 6) is -0.368. The molecule has 0 radical (unpaired) electrons. The van der Waals surface area contributed by atoms with Gasteiger partial charge in [0.05, 0.1) is 19.3 Å². The highest BCUT2D eigenvalue weighted by atomic mass is 19.3. The number of aromatic amines is 1. The number of alkyl halides is 2. The summed E-state index contributed by atoms with van der Waals surface area (Å²) in [6.45, 7) is 5.11. The lowest BCUT2D eigenvalue weighted by molar-refractivity contribution is -0.123. The molecule has 0 saturated carbocycles. The number of halogens is 2. The Morgan fingerprint density at radius 3 is 3.05 bits per heavy atom. The van der Waals surface area contributed by atoms with Gasteiger partial charge in [0.2, 0.25) is 5.91 Å². The van der Waals surface area contributed by atoms with Crippen LogP contribution in [0.15, 0.2) is 6.20 Å². The summed E-state index contributed by atoms with van der Waals surface area (Å²) in [5, 5.41) is 9.26. The van der Waals surface area contributed by atoms with Gasteiger partial charge < -0.3 is 5.32 Å². The van der Waals surface area contributed by atoms with E-state index in [2.05, 4.69) is 29.4 Å². The van der Waals surface area contributed by atoms with Crippen LogP contribution in [0.4, 0.5) is 8.78 Å². The van der Waals surface area contributed by atoms with E-state index in [1.807, 2.05) is 4.90 Å². The third-order valence-corrected chi connectivity index (χ3v) is 3.33. The second-order valence-corrected chi connectivity index (χ2v) is 6.06. The molecule has 20 heavy (non-hydrogen) atoms. The fraction of sp³-hybridized carbons (Fsp3) is 0.692. The van der Waals surface area contributed by atoms with Gasteiger partial charge in [0.25, 0.3) is 6.43 Å². The SMILES string of the molecule is CC1(C)Cc2[nH]ncc2CN(CC(=O)NCC(F)F)C1. The lowest BCUT2D eigenvalue weighted by Crippen LogP contribution is -2.41. The predicted octanol–water partition coefficient (Wildman–Crippen LogP) is 1.18. The molecule has 1 aromatic rings. The van der Waals surface area contributed by atoms with E-state index >= 15 is 0 Å². The maximum Gasteiger partial charge on any atom is 0.255 e. The zero-order valence-corrected chi connectivity index (χ0v) is 11.7. The maximum atomic E-state index is 12.1. The number of hydrogen-bond acceptors (Lipinski definition) is 3. The van der Waals surface area contributed by atoms with Crippen molar-refractivity contribution in [3.8, 4) is 0 Å². The zero-order valence-electron chi connectivity index (χ0n) is 11.7. The molecular formula is C13H20F2N4O. The number of H-pyrrole nitrogens is 1. The average Bonchev–Trinajstić information content (AvgIpc) is 2.67. The number of hydrogen-bond donors (Lipinski definition) is 2. The minimum atomic E-state index is -2.51. The standard InChI is InChI=1S/C13H20F2N4O/c1-13(2)3-10-9(4-17-18-10)6-19(8-13)7-12(20)16-5-11(14)15/h4,11H,3,5-8H2,1-2H3,(H,16,20)(H,17,18). The smallest absolute Gasteiger partial charge is 0.255 e. The summed E-state index contributed by atoms with van der Waals surface area (Å²) in [7, 11) is 0. The first-order chi connectivity index (χ1) is 9.35. The first-order valence-corrected chi connectivity index (χ1v) is 6.64. The van der Waals surface area contributed by atoms with Crippen molar-refractivity contribution in [3.05, 3.63) is 17.5 Å². The molecule has 0 aromatic carbocycles. The Balaban J connectivity index is 1.99. The Morgan fingerprint density at radius 1 is 1.60 bits per heavy atom. The molecule has 112 valence electrons. The van der Waals surface area contributed by atoms with Gasteiger partial charge in [0, 0.05) is 24.3 Å². The van der Waals surface area contributed by atoms with Crippen molar-refractivity contribution in [2.24, 2.45) is 5.41 Å². The van der Waals surface area contributed by atoms with Crippen LogP contribution in [0.3, 0.4) is 0 Å². The van der Waals surface area contributed by atoms with Crippen molar-refractivity contribution in [1.82, 2.24) is 20.4 Å². The van der Waals surface area contributed by atoms with Crippen molar-refractivity contribution in [2.45, 2.75) is 33.2 Å². The molecule has 0 bridgehead atoms. The second kappa shape index (κ2) is 5.87. The van der Waals surface area contributed by atoms with E-state index in [1.165, 1.54) is 0 Å². The molecular weight excluding hydrogens is 266 g/mol. The van der Waals surface area contributed by atoms with E-state index in [-0.39, 0.29) is 17.9 Å². The highest BCUT2D eigenvalue weighted by Gasteiger charge is 2.29. The van der Waals surface area contributed by atoms with E-state index in [0.717, 1.165) is 24.2 Å². The van der Waals surface area contributed by atoms with Crippen LogP contribution in [0.1, 0.15) is 25.1 Å². The first-order valence-electron chi connectivity index (χ1n) is 6.64. The first kappa shape index (κ1) is 14.9. The summed E-state index contributed by atoms with van der Waals surface area (Å²) in [6.07, 6.45) is 0.109. The normalized spacial score (nSPS) is 18.6. The molecule has 2 heterocycles. The Kier molecular flexibility index (Phi) is 4.37. The van der Waals surface area contributed by atoms with Crippen molar-refractivity contribution in [3.63, 3.8) is 0 Å². The molecule has 2 rings (SSSR count). The Bertz CT molecular complexity index is 473. The molecule has 2 N–H and O–H groups in total. The van der Waals surface area contributed by atoms with Crippen LogP contribution < -0.4 is 5.32 Å². The third kappa shape index (κ3) is 4.00. The average molecular weight is 286 g/mol. The van der Waals surface area contributed by atoms with Crippen molar-refractivity contribution >= 4 is 5.91 Å². The van der Waals surface area contributed by atoms with E-state index < -0.39 is 13.0 Å².